The van der Waals surface area contributed by atoms with Crippen LogP contribution in [-0.4, -0.2) is 27.5 Å². The molecule has 132 valence electrons. The first-order valence-electron chi connectivity index (χ1n) is 7.68. The molecule has 0 unspecified atom stereocenters. The Hall–Kier alpha value is -2.74. The SMILES string of the molecule is CCOc1ccc(S(=O)(=O)N/N=C(/C)c2ccc3c(c2)OCO3)cc1. The third kappa shape index (κ3) is 3.85. The second-order valence-electron chi connectivity index (χ2n) is 5.26. The first-order chi connectivity index (χ1) is 12.0. The van der Waals surface area contributed by atoms with Gasteiger partial charge in [-0.05, 0) is 56.3 Å². The van der Waals surface area contributed by atoms with Crippen molar-refractivity contribution >= 4 is 15.7 Å². The molecule has 0 atom stereocenters. The average molecular weight is 362 g/mol. The lowest BCUT2D eigenvalue weighted by Crippen LogP contribution is -2.19. The fraction of sp³-hybridized carbons (Fsp3) is 0.235. The van der Waals surface area contributed by atoms with Crippen LogP contribution in [0.25, 0.3) is 0 Å². The molecule has 0 radical (unpaired) electrons. The lowest BCUT2D eigenvalue weighted by molar-refractivity contribution is 0.174. The van der Waals surface area contributed by atoms with Gasteiger partial charge in [0.25, 0.3) is 10.0 Å². The van der Waals surface area contributed by atoms with Gasteiger partial charge in [0.05, 0.1) is 17.2 Å². The van der Waals surface area contributed by atoms with E-state index in [0.717, 1.165) is 5.56 Å². The molecule has 2 aromatic rings. The standard InChI is InChI=1S/C17H18N2O5S/c1-3-22-14-5-7-15(8-6-14)25(20,21)19-18-12(2)13-4-9-16-17(10-13)24-11-23-16/h4-10,19H,3,11H2,1-2H3/b18-12-. The topological polar surface area (TPSA) is 86.2 Å². The number of benzene rings is 2. The molecule has 0 spiro atoms. The molecule has 1 heterocycles. The van der Waals surface area contributed by atoms with Gasteiger partial charge in [0.1, 0.15) is 5.75 Å². The molecule has 0 fully saturated rings. The van der Waals surface area contributed by atoms with E-state index < -0.39 is 10.0 Å². The highest BCUT2D eigenvalue weighted by atomic mass is 32.2. The van der Waals surface area contributed by atoms with Gasteiger partial charge in [-0.1, -0.05) is 0 Å². The first kappa shape index (κ1) is 17.1. The molecule has 25 heavy (non-hydrogen) atoms. The summed E-state index contributed by atoms with van der Waals surface area (Å²) in [5, 5.41) is 3.98. The Morgan fingerprint density at radius 3 is 2.60 bits per heavy atom. The molecular weight excluding hydrogens is 344 g/mol. The smallest absolute Gasteiger partial charge is 0.276 e. The highest BCUT2D eigenvalue weighted by molar-refractivity contribution is 7.89. The second-order valence-corrected chi connectivity index (χ2v) is 6.93. The second kappa shape index (κ2) is 7.02. The van der Waals surface area contributed by atoms with Crippen LogP contribution in [0.4, 0.5) is 0 Å². The van der Waals surface area contributed by atoms with Crippen molar-refractivity contribution in [1.82, 2.24) is 4.83 Å². The first-order valence-corrected chi connectivity index (χ1v) is 9.17. The third-order valence-corrected chi connectivity index (χ3v) is 4.79. The summed E-state index contributed by atoms with van der Waals surface area (Å²) in [6, 6.07) is 11.5. The molecule has 0 bridgehead atoms. The van der Waals surface area contributed by atoms with Gasteiger partial charge in [0.2, 0.25) is 6.79 Å². The van der Waals surface area contributed by atoms with E-state index in [2.05, 4.69) is 9.93 Å². The quantitative estimate of drug-likeness (QED) is 0.630. The Labute approximate surface area is 146 Å². The molecule has 8 heteroatoms. The van der Waals surface area contributed by atoms with Crippen LogP contribution in [-0.2, 0) is 10.0 Å². The molecular formula is C17H18N2O5S. The zero-order valence-electron chi connectivity index (χ0n) is 13.9. The van der Waals surface area contributed by atoms with E-state index in [0.29, 0.717) is 29.6 Å². The minimum absolute atomic E-state index is 0.109. The zero-order valence-corrected chi connectivity index (χ0v) is 14.7. The minimum Gasteiger partial charge on any atom is -0.494 e. The lowest BCUT2D eigenvalue weighted by atomic mass is 10.1. The van der Waals surface area contributed by atoms with E-state index in [4.69, 9.17) is 14.2 Å². The Bertz CT molecular complexity index is 892. The molecule has 0 aliphatic carbocycles. The van der Waals surface area contributed by atoms with Crippen molar-refractivity contribution < 1.29 is 22.6 Å². The molecule has 1 N–H and O–H groups in total. The summed E-state index contributed by atoms with van der Waals surface area (Å²) >= 11 is 0. The third-order valence-electron chi connectivity index (χ3n) is 3.57. The molecule has 7 nitrogen and oxygen atoms in total. The normalized spacial score (nSPS) is 13.6. The summed E-state index contributed by atoms with van der Waals surface area (Å²) in [6.07, 6.45) is 0. The van der Waals surface area contributed by atoms with Crippen LogP contribution in [0.2, 0.25) is 0 Å². The molecule has 1 aliphatic heterocycles. The predicted molar refractivity (Wildman–Crippen MR) is 92.7 cm³/mol. The molecule has 1 aliphatic rings. The fourth-order valence-corrected chi connectivity index (χ4v) is 3.11. The highest BCUT2D eigenvalue weighted by Crippen LogP contribution is 2.32. The van der Waals surface area contributed by atoms with Crippen molar-refractivity contribution in [1.29, 1.82) is 0 Å². The number of fused-ring (bicyclic) bond motifs is 1. The van der Waals surface area contributed by atoms with Gasteiger partial charge in [-0.3, -0.25) is 0 Å². The van der Waals surface area contributed by atoms with Crippen LogP contribution in [0.5, 0.6) is 17.2 Å². The number of hydrogen-bond donors (Lipinski definition) is 1. The summed E-state index contributed by atoms with van der Waals surface area (Å²) < 4.78 is 40.5. The van der Waals surface area contributed by atoms with Crippen LogP contribution >= 0.6 is 0 Å². The number of nitrogens with one attached hydrogen (secondary N) is 1. The maximum Gasteiger partial charge on any atom is 0.276 e. The van der Waals surface area contributed by atoms with Crippen molar-refractivity contribution in [3.8, 4) is 17.2 Å². The van der Waals surface area contributed by atoms with Crippen molar-refractivity contribution in [2.75, 3.05) is 13.4 Å². The summed E-state index contributed by atoms with van der Waals surface area (Å²) in [4.78, 5) is 2.35. The van der Waals surface area contributed by atoms with Gasteiger partial charge in [0.15, 0.2) is 11.5 Å². The minimum atomic E-state index is -3.76. The molecule has 0 saturated carbocycles. The number of nitrogens with zero attached hydrogens (tertiary/aromatic N) is 1. The van der Waals surface area contributed by atoms with Crippen LogP contribution in [0, 0.1) is 0 Å². The van der Waals surface area contributed by atoms with E-state index in [1.54, 1.807) is 37.3 Å². The molecule has 0 amide bonds. The maximum absolute atomic E-state index is 12.3. The maximum atomic E-state index is 12.3. The van der Waals surface area contributed by atoms with Crippen molar-refractivity contribution in [3.63, 3.8) is 0 Å². The Kier molecular flexibility index (Phi) is 4.80. The number of ether oxygens (including phenoxy) is 3. The summed E-state index contributed by atoms with van der Waals surface area (Å²) in [5.74, 6) is 1.88. The van der Waals surface area contributed by atoms with Crippen LogP contribution in [0.1, 0.15) is 19.4 Å². The van der Waals surface area contributed by atoms with E-state index in [9.17, 15) is 8.42 Å². The van der Waals surface area contributed by atoms with E-state index >= 15 is 0 Å². The van der Waals surface area contributed by atoms with Crippen molar-refractivity contribution in [2.45, 2.75) is 18.7 Å². The van der Waals surface area contributed by atoms with Gasteiger partial charge in [0, 0.05) is 5.56 Å². The molecule has 2 aromatic carbocycles. The van der Waals surface area contributed by atoms with E-state index in [1.807, 2.05) is 6.92 Å². The van der Waals surface area contributed by atoms with Gasteiger partial charge in [-0.15, -0.1) is 0 Å². The summed E-state index contributed by atoms with van der Waals surface area (Å²) in [6.45, 7) is 4.26. The molecule has 3 rings (SSSR count). The lowest BCUT2D eigenvalue weighted by Gasteiger charge is -2.07. The van der Waals surface area contributed by atoms with Crippen LogP contribution < -0.4 is 19.0 Å². The predicted octanol–water partition coefficient (Wildman–Crippen LogP) is 2.52. The van der Waals surface area contributed by atoms with Crippen molar-refractivity contribution in [2.24, 2.45) is 5.10 Å². The Morgan fingerprint density at radius 2 is 1.88 bits per heavy atom. The van der Waals surface area contributed by atoms with E-state index in [1.165, 1.54) is 12.1 Å². The van der Waals surface area contributed by atoms with Crippen LogP contribution in [0.3, 0.4) is 0 Å². The van der Waals surface area contributed by atoms with Crippen LogP contribution in [0.15, 0.2) is 52.5 Å². The Morgan fingerprint density at radius 1 is 1.16 bits per heavy atom. The average Bonchev–Trinajstić information content (AvgIpc) is 3.08. The Balaban J connectivity index is 1.75. The largest absolute Gasteiger partial charge is 0.494 e. The van der Waals surface area contributed by atoms with Gasteiger partial charge < -0.3 is 14.2 Å². The van der Waals surface area contributed by atoms with Gasteiger partial charge in [-0.25, -0.2) is 0 Å². The van der Waals surface area contributed by atoms with Crippen molar-refractivity contribution in [3.05, 3.63) is 48.0 Å². The highest BCUT2D eigenvalue weighted by Gasteiger charge is 2.16. The summed E-state index contributed by atoms with van der Waals surface area (Å²) in [5.41, 5.74) is 1.24. The zero-order chi connectivity index (χ0) is 17.9. The van der Waals surface area contributed by atoms with Gasteiger partial charge >= 0.3 is 0 Å². The molecule has 0 aromatic heterocycles. The number of hydrazone groups is 1. The monoisotopic (exact) mass is 362 g/mol. The number of rotatable bonds is 6. The number of sulfonamides is 1. The fourth-order valence-electron chi connectivity index (χ4n) is 2.25. The summed E-state index contributed by atoms with van der Waals surface area (Å²) in [7, 11) is -3.76. The van der Waals surface area contributed by atoms with E-state index in [-0.39, 0.29) is 11.7 Å². The van der Waals surface area contributed by atoms with Gasteiger partial charge in [-0.2, -0.15) is 18.4 Å². The molecule has 0 saturated heterocycles. The number of hydrogen-bond acceptors (Lipinski definition) is 6.